The lowest BCUT2D eigenvalue weighted by molar-refractivity contribution is -0.136. The number of rotatable bonds is 5. The predicted molar refractivity (Wildman–Crippen MR) is 148 cm³/mol. The molecule has 0 spiro atoms. The maximum absolute atomic E-state index is 11.8. The van der Waals surface area contributed by atoms with Crippen molar-refractivity contribution in [3.05, 3.63) is 65.0 Å². The van der Waals surface area contributed by atoms with Crippen LogP contribution in [-0.4, -0.2) is 38.4 Å². The Hall–Kier alpha value is -3.51. The Bertz CT molecular complexity index is 1450. The van der Waals surface area contributed by atoms with Crippen LogP contribution < -0.4 is 4.74 Å². The minimum atomic E-state index is -0.850. The quantitative estimate of drug-likeness (QED) is 0.320. The van der Waals surface area contributed by atoms with Gasteiger partial charge in [-0.05, 0) is 92.6 Å². The Morgan fingerprint density at radius 1 is 1.16 bits per heavy atom. The van der Waals surface area contributed by atoms with Gasteiger partial charge < -0.3 is 14.9 Å². The van der Waals surface area contributed by atoms with E-state index < -0.39 is 11.6 Å². The highest BCUT2D eigenvalue weighted by Gasteiger charge is 2.22. The van der Waals surface area contributed by atoms with E-state index in [1.807, 2.05) is 37.4 Å². The summed E-state index contributed by atoms with van der Waals surface area (Å²) in [6, 6.07) is 12.2. The number of carboxylic acid groups (broad SMARTS) is 1. The molecule has 4 aromatic rings. The van der Waals surface area contributed by atoms with Crippen LogP contribution in [0.2, 0.25) is 0 Å². The molecule has 0 aliphatic carbocycles. The van der Waals surface area contributed by atoms with Crippen molar-refractivity contribution in [2.75, 3.05) is 6.61 Å². The third-order valence-corrected chi connectivity index (χ3v) is 6.63. The van der Waals surface area contributed by atoms with Gasteiger partial charge in [0.15, 0.2) is 0 Å². The van der Waals surface area contributed by atoms with E-state index in [-0.39, 0.29) is 6.42 Å². The van der Waals surface area contributed by atoms with Crippen LogP contribution in [0.4, 0.5) is 0 Å². The number of aromatic nitrogens is 2. The number of benzene rings is 2. The first-order valence-corrected chi connectivity index (χ1v) is 12.9. The molecule has 6 heteroatoms. The molecule has 6 nitrogen and oxygen atoms in total. The number of ether oxygens (including phenoxy) is 1. The molecule has 194 valence electrons. The summed E-state index contributed by atoms with van der Waals surface area (Å²) in [5, 5.41) is 20.2. The van der Waals surface area contributed by atoms with Gasteiger partial charge in [-0.3, -0.25) is 14.8 Å². The second kappa shape index (κ2) is 10.5. The van der Waals surface area contributed by atoms with Gasteiger partial charge >= 0.3 is 5.97 Å². The molecule has 1 aliphatic rings. The van der Waals surface area contributed by atoms with Gasteiger partial charge in [0, 0.05) is 34.6 Å². The highest BCUT2D eigenvalue weighted by Crippen LogP contribution is 2.42. The lowest BCUT2D eigenvalue weighted by Crippen LogP contribution is -2.10. The van der Waals surface area contributed by atoms with E-state index in [1.54, 1.807) is 20.8 Å². The van der Waals surface area contributed by atoms with Gasteiger partial charge in [0.2, 0.25) is 0 Å². The Kier molecular flexibility index (Phi) is 7.51. The lowest BCUT2D eigenvalue weighted by atomic mass is 9.87. The van der Waals surface area contributed by atoms with Gasteiger partial charge in [0.1, 0.15) is 5.75 Å². The molecule has 0 amide bonds. The van der Waals surface area contributed by atoms with Gasteiger partial charge in [-0.1, -0.05) is 19.9 Å². The largest absolute Gasteiger partial charge is 0.493 e. The van der Waals surface area contributed by atoms with Crippen molar-refractivity contribution >= 4 is 27.8 Å². The minimum absolute atomic E-state index is 0.0519. The van der Waals surface area contributed by atoms with Crippen molar-refractivity contribution in [3.63, 3.8) is 0 Å². The van der Waals surface area contributed by atoms with E-state index in [2.05, 4.69) is 26.0 Å². The number of carbonyl (C=O) groups is 1. The monoisotopic (exact) mass is 500 g/mol. The molecule has 2 N–H and O–H groups in total. The number of pyridine rings is 2. The van der Waals surface area contributed by atoms with Gasteiger partial charge in [0.05, 0.1) is 29.7 Å². The van der Waals surface area contributed by atoms with Crippen LogP contribution in [0.3, 0.4) is 0 Å². The number of aliphatic hydroxyl groups is 1. The zero-order valence-corrected chi connectivity index (χ0v) is 22.6. The highest BCUT2D eigenvalue weighted by molar-refractivity contribution is 6.07. The lowest BCUT2D eigenvalue weighted by Gasteiger charge is -2.22. The maximum atomic E-state index is 11.8. The molecule has 0 fully saturated rings. The predicted octanol–water partition coefficient (Wildman–Crippen LogP) is 6.61. The van der Waals surface area contributed by atoms with Crippen LogP contribution in [0.15, 0.2) is 42.6 Å². The summed E-state index contributed by atoms with van der Waals surface area (Å²) in [6.07, 6.45) is 3.64. The molecule has 1 unspecified atom stereocenters. The Morgan fingerprint density at radius 2 is 1.89 bits per heavy atom. The molecule has 5 rings (SSSR count). The number of aryl methyl sites for hydroxylation is 1. The van der Waals surface area contributed by atoms with Gasteiger partial charge in [-0.2, -0.15) is 0 Å². The summed E-state index contributed by atoms with van der Waals surface area (Å²) in [7, 11) is 0. The summed E-state index contributed by atoms with van der Waals surface area (Å²) in [5.41, 5.74) is 7.09. The zero-order valence-electron chi connectivity index (χ0n) is 22.6. The van der Waals surface area contributed by atoms with Crippen molar-refractivity contribution in [3.8, 4) is 16.9 Å². The molecule has 2 aromatic heterocycles. The van der Waals surface area contributed by atoms with Gasteiger partial charge in [-0.15, -0.1) is 0 Å². The van der Waals surface area contributed by atoms with E-state index in [9.17, 15) is 9.90 Å². The molecule has 0 saturated carbocycles. The van der Waals surface area contributed by atoms with Gasteiger partial charge in [-0.25, -0.2) is 0 Å². The van der Waals surface area contributed by atoms with Crippen LogP contribution in [0.25, 0.3) is 32.9 Å². The standard InChI is InChI=1S/C27H26N2O3.C4H10O/c1-4-15(2)21-7-5-18-22(29-21)13-16(3)20(14-24(30)31)26(18)19-6-8-23-25-17(10-12-32-23)9-11-28-27(19)25;1-4(2,3)5/h5-9,11,13,15H,4,10,12,14H2,1-3H3,(H,30,31);5H,1-3H3. The minimum Gasteiger partial charge on any atom is -0.493 e. The van der Waals surface area contributed by atoms with E-state index in [4.69, 9.17) is 19.8 Å². The van der Waals surface area contributed by atoms with E-state index in [0.29, 0.717) is 12.5 Å². The molecule has 0 bridgehead atoms. The fraction of sp³-hybridized carbons (Fsp3) is 0.387. The van der Waals surface area contributed by atoms with Crippen LogP contribution >= 0.6 is 0 Å². The molecular weight excluding hydrogens is 464 g/mol. The number of hydrogen-bond acceptors (Lipinski definition) is 5. The molecule has 0 radical (unpaired) electrons. The van der Waals surface area contributed by atoms with Crippen LogP contribution in [0.1, 0.15) is 69.3 Å². The first-order chi connectivity index (χ1) is 17.5. The Labute approximate surface area is 218 Å². The number of nitrogens with zero attached hydrogens (tertiary/aromatic N) is 2. The van der Waals surface area contributed by atoms with Crippen molar-refractivity contribution in [2.24, 2.45) is 0 Å². The summed E-state index contributed by atoms with van der Waals surface area (Å²) in [5.74, 6) is 0.352. The third kappa shape index (κ3) is 5.75. The second-order valence-electron chi connectivity index (χ2n) is 10.8. The zero-order chi connectivity index (χ0) is 26.9. The maximum Gasteiger partial charge on any atom is 0.307 e. The van der Waals surface area contributed by atoms with Crippen molar-refractivity contribution in [1.29, 1.82) is 0 Å². The molecule has 2 aromatic carbocycles. The average Bonchev–Trinajstić information content (AvgIpc) is 2.83. The van der Waals surface area contributed by atoms with Crippen molar-refractivity contribution < 1.29 is 19.7 Å². The number of hydrogen-bond donors (Lipinski definition) is 2. The Balaban J connectivity index is 0.000000586. The first-order valence-electron chi connectivity index (χ1n) is 12.9. The molecule has 0 saturated heterocycles. The fourth-order valence-corrected chi connectivity index (χ4v) is 4.74. The third-order valence-electron chi connectivity index (χ3n) is 6.63. The molecule has 3 heterocycles. The highest BCUT2D eigenvalue weighted by atomic mass is 16.5. The second-order valence-corrected chi connectivity index (χ2v) is 10.8. The molecular formula is C31H36N2O4. The smallest absolute Gasteiger partial charge is 0.307 e. The van der Waals surface area contributed by atoms with E-state index in [0.717, 1.165) is 68.3 Å². The topological polar surface area (TPSA) is 92.5 Å². The van der Waals surface area contributed by atoms with E-state index >= 15 is 0 Å². The summed E-state index contributed by atoms with van der Waals surface area (Å²) < 4.78 is 5.90. The summed E-state index contributed by atoms with van der Waals surface area (Å²) >= 11 is 0. The molecule has 1 aliphatic heterocycles. The number of carboxylic acids is 1. The van der Waals surface area contributed by atoms with Crippen molar-refractivity contribution in [1.82, 2.24) is 9.97 Å². The molecule has 37 heavy (non-hydrogen) atoms. The summed E-state index contributed by atoms with van der Waals surface area (Å²) in [4.78, 5) is 21.5. The number of aliphatic carboxylic acids is 1. The van der Waals surface area contributed by atoms with Crippen molar-refractivity contribution in [2.45, 2.75) is 72.3 Å². The van der Waals surface area contributed by atoms with Crippen LogP contribution in [0.5, 0.6) is 5.75 Å². The van der Waals surface area contributed by atoms with Gasteiger partial charge in [0.25, 0.3) is 0 Å². The molecule has 1 atom stereocenters. The average molecular weight is 501 g/mol. The number of fused-ring (bicyclic) bond motifs is 1. The fourth-order valence-electron chi connectivity index (χ4n) is 4.74. The SMILES string of the molecule is CC(C)(C)O.CCC(C)c1ccc2c(-c3ccc4c5c(ccnc35)CCO4)c(CC(=O)O)c(C)cc2n1. The van der Waals surface area contributed by atoms with E-state index in [1.165, 1.54) is 5.56 Å². The van der Waals surface area contributed by atoms with Crippen LogP contribution in [0, 0.1) is 6.92 Å². The first kappa shape index (κ1) is 26.6. The Morgan fingerprint density at radius 3 is 2.57 bits per heavy atom. The normalized spacial score (nSPS) is 13.6. The summed E-state index contributed by atoms with van der Waals surface area (Å²) in [6.45, 7) is 12.2. The van der Waals surface area contributed by atoms with Crippen LogP contribution in [-0.2, 0) is 17.6 Å².